The number of nitrogens with zero attached hydrogens (tertiary/aromatic N) is 1. The second-order valence-electron chi connectivity index (χ2n) is 4.56. The summed E-state index contributed by atoms with van der Waals surface area (Å²) < 4.78 is 32.1. The van der Waals surface area contributed by atoms with Crippen LogP contribution in [-0.2, 0) is 14.8 Å². The zero-order valence-corrected chi connectivity index (χ0v) is 13.2. The van der Waals surface area contributed by atoms with E-state index in [1.54, 1.807) is 6.08 Å². The summed E-state index contributed by atoms with van der Waals surface area (Å²) in [6, 6.07) is 0. The number of hydrogen-bond acceptors (Lipinski definition) is 4. The summed E-state index contributed by atoms with van der Waals surface area (Å²) in [5, 5.41) is 0. The maximum Gasteiger partial charge on any atom is 0.244 e. The van der Waals surface area contributed by atoms with Crippen molar-refractivity contribution in [3.05, 3.63) is 35.0 Å². The second-order valence-corrected chi connectivity index (χ2v) is 6.29. The number of hydrogen-bond donors (Lipinski definition) is 1. The largest absolute Gasteiger partial charge is 0.495 e. The normalized spacial score (nSPS) is 12.9. The van der Waals surface area contributed by atoms with E-state index in [1.807, 2.05) is 32.8 Å². The highest BCUT2D eigenvalue weighted by Crippen LogP contribution is 2.16. The van der Waals surface area contributed by atoms with Crippen LogP contribution in [0.3, 0.4) is 0 Å². The van der Waals surface area contributed by atoms with Crippen molar-refractivity contribution in [3.8, 4) is 0 Å². The Bertz CT molecular complexity index is 458. The average Bonchev–Trinajstić information content (AvgIpc) is 2.28. The fraction of sp³-hybridized carbons (Fsp3) is 0.538. The molecule has 0 bridgehead atoms. The fourth-order valence-electron chi connectivity index (χ4n) is 1.31. The Labute approximate surface area is 116 Å². The first-order valence-electron chi connectivity index (χ1n) is 5.94. The number of methoxy groups -OCH3 is 1. The maximum absolute atomic E-state index is 12.2. The molecule has 19 heavy (non-hydrogen) atoms. The molecule has 1 N–H and O–H groups in total. The van der Waals surface area contributed by atoms with Gasteiger partial charge in [-0.25, -0.2) is 13.1 Å². The molecule has 0 rings (SSSR count). The number of ether oxygens (including phenoxy) is 1. The van der Waals surface area contributed by atoms with Crippen LogP contribution in [0, 0.1) is 0 Å². The predicted octanol–water partition coefficient (Wildman–Crippen LogP) is 1.48. The minimum absolute atomic E-state index is 0.101. The highest BCUT2D eigenvalue weighted by atomic mass is 32.2. The van der Waals surface area contributed by atoms with Gasteiger partial charge in [0.25, 0.3) is 0 Å². The van der Waals surface area contributed by atoms with Crippen LogP contribution in [0.15, 0.2) is 35.0 Å². The molecule has 0 aromatic carbocycles. The second kappa shape index (κ2) is 8.14. The van der Waals surface area contributed by atoms with Gasteiger partial charge in [0.15, 0.2) is 0 Å². The van der Waals surface area contributed by atoms with E-state index in [1.165, 1.54) is 13.2 Å². The van der Waals surface area contributed by atoms with Gasteiger partial charge in [-0.3, -0.25) is 0 Å². The Hall–Kier alpha value is -1.11. The van der Waals surface area contributed by atoms with Crippen LogP contribution in [0.2, 0.25) is 0 Å². The van der Waals surface area contributed by atoms with E-state index in [9.17, 15) is 8.42 Å². The van der Waals surface area contributed by atoms with Gasteiger partial charge < -0.3 is 9.64 Å². The van der Waals surface area contributed by atoms with Crippen LogP contribution in [0.5, 0.6) is 0 Å². The van der Waals surface area contributed by atoms with Crippen LogP contribution in [-0.4, -0.2) is 47.6 Å². The summed E-state index contributed by atoms with van der Waals surface area (Å²) in [6.45, 7) is 8.18. The summed E-state index contributed by atoms with van der Waals surface area (Å²) in [6.07, 6.45) is 2.96. The molecule has 0 atom stereocenters. The molecule has 0 amide bonds. The number of sulfonamides is 1. The number of rotatable bonds is 8. The monoisotopic (exact) mass is 288 g/mol. The molecule has 0 unspecified atom stereocenters. The fourth-order valence-corrected chi connectivity index (χ4v) is 2.65. The lowest BCUT2D eigenvalue weighted by atomic mass is 10.3. The van der Waals surface area contributed by atoms with Crippen molar-refractivity contribution in [2.75, 3.05) is 34.3 Å². The van der Waals surface area contributed by atoms with Crippen molar-refractivity contribution in [2.24, 2.45) is 0 Å². The third kappa shape index (κ3) is 6.56. The molecule has 0 fully saturated rings. The van der Waals surface area contributed by atoms with Crippen molar-refractivity contribution in [1.82, 2.24) is 9.62 Å². The highest BCUT2D eigenvalue weighted by Gasteiger charge is 2.19. The molecule has 6 heteroatoms. The maximum atomic E-state index is 12.2. The molecule has 0 spiro atoms. The van der Waals surface area contributed by atoms with Gasteiger partial charge in [-0.05, 0) is 40.1 Å². The zero-order chi connectivity index (χ0) is 15.1. The lowest BCUT2D eigenvalue weighted by Crippen LogP contribution is -2.32. The SMILES string of the molecule is C=C/C(OC)=C(\C=C(C)C)S(=O)(=O)NCCN(C)C. The third-order valence-corrected chi connectivity index (χ3v) is 3.69. The van der Waals surface area contributed by atoms with E-state index < -0.39 is 10.0 Å². The van der Waals surface area contributed by atoms with E-state index in [0.717, 1.165) is 5.57 Å². The lowest BCUT2D eigenvalue weighted by molar-refractivity contribution is 0.305. The molecule has 0 saturated carbocycles. The molecule has 0 radical (unpaired) electrons. The molecule has 0 aromatic heterocycles. The Morgan fingerprint density at radius 2 is 1.95 bits per heavy atom. The minimum Gasteiger partial charge on any atom is -0.495 e. The van der Waals surface area contributed by atoms with E-state index in [2.05, 4.69) is 11.3 Å². The minimum atomic E-state index is -3.61. The lowest BCUT2D eigenvalue weighted by Gasteiger charge is -2.13. The van der Waals surface area contributed by atoms with E-state index in [4.69, 9.17) is 4.74 Å². The standard InChI is InChI=1S/C13H24N2O3S/c1-7-12(18-6)13(10-11(2)3)19(16,17)14-8-9-15(4)5/h7,10,14H,1,8-9H2,2-6H3/b13-12-. The summed E-state index contributed by atoms with van der Waals surface area (Å²) >= 11 is 0. The van der Waals surface area contributed by atoms with Crippen molar-refractivity contribution in [2.45, 2.75) is 13.8 Å². The number of allylic oxidation sites excluding steroid dienone is 3. The van der Waals surface area contributed by atoms with Crippen molar-refractivity contribution in [1.29, 1.82) is 0 Å². The molecule has 0 aliphatic heterocycles. The average molecular weight is 288 g/mol. The van der Waals surface area contributed by atoms with Crippen LogP contribution in [0.4, 0.5) is 0 Å². The Kier molecular flexibility index (Phi) is 7.66. The quantitative estimate of drug-likeness (QED) is 0.543. The van der Waals surface area contributed by atoms with Gasteiger partial charge in [-0.1, -0.05) is 12.2 Å². The van der Waals surface area contributed by atoms with E-state index in [0.29, 0.717) is 13.1 Å². The number of nitrogens with one attached hydrogen (secondary N) is 1. The summed E-state index contributed by atoms with van der Waals surface area (Å²) in [5.74, 6) is 0.235. The zero-order valence-electron chi connectivity index (χ0n) is 12.4. The first kappa shape index (κ1) is 17.9. The summed E-state index contributed by atoms with van der Waals surface area (Å²) in [7, 11) is 1.58. The van der Waals surface area contributed by atoms with Gasteiger partial charge in [0.2, 0.25) is 10.0 Å². The highest BCUT2D eigenvalue weighted by molar-refractivity contribution is 7.93. The van der Waals surface area contributed by atoms with Gasteiger partial charge in [-0.15, -0.1) is 0 Å². The van der Waals surface area contributed by atoms with Gasteiger partial charge in [-0.2, -0.15) is 0 Å². The van der Waals surface area contributed by atoms with Crippen molar-refractivity contribution >= 4 is 10.0 Å². The summed E-state index contributed by atoms with van der Waals surface area (Å²) in [5.41, 5.74) is 0.865. The van der Waals surface area contributed by atoms with Crippen LogP contribution < -0.4 is 4.72 Å². The molecular weight excluding hydrogens is 264 g/mol. The first-order valence-corrected chi connectivity index (χ1v) is 7.43. The smallest absolute Gasteiger partial charge is 0.244 e. The molecule has 0 saturated heterocycles. The van der Waals surface area contributed by atoms with Crippen LogP contribution in [0.25, 0.3) is 0 Å². The van der Waals surface area contributed by atoms with Crippen molar-refractivity contribution < 1.29 is 13.2 Å². The molecule has 0 aliphatic carbocycles. The first-order chi connectivity index (χ1) is 8.74. The molecule has 5 nitrogen and oxygen atoms in total. The van der Waals surface area contributed by atoms with Gasteiger partial charge in [0, 0.05) is 13.1 Å². The Balaban J connectivity index is 5.33. The van der Waals surface area contributed by atoms with E-state index >= 15 is 0 Å². The van der Waals surface area contributed by atoms with Crippen LogP contribution >= 0.6 is 0 Å². The summed E-state index contributed by atoms with van der Waals surface area (Å²) in [4.78, 5) is 2.00. The Morgan fingerprint density at radius 1 is 1.37 bits per heavy atom. The molecular formula is C13H24N2O3S. The van der Waals surface area contributed by atoms with Crippen LogP contribution in [0.1, 0.15) is 13.8 Å². The van der Waals surface area contributed by atoms with E-state index in [-0.39, 0.29) is 10.7 Å². The molecule has 0 heterocycles. The van der Waals surface area contributed by atoms with Crippen molar-refractivity contribution in [3.63, 3.8) is 0 Å². The Morgan fingerprint density at radius 3 is 2.32 bits per heavy atom. The van der Waals surface area contributed by atoms with Gasteiger partial charge in [0.1, 0.15) is 10.7 Å². The molecule has 110 valence electrons. The molecule has 0 aliphatic rings. The predicted molar refractivity (Wildman–Crippen MR) is 79.1 cm³/mol. The van der Waals surface area contributed by atoms with Gasteiger partial charge in [0.05, 0.1) is 7.11 Å². The van der Waals surface area contributed by atoms with Gasteiger partial charge >= 0.3 is 0 Å². The molecule has 0 aromatic rings. The number of likely N-dealkylation sites (N-methyl/N-ethyl adjacent to an activating group) is 1. The topological polar surface area (TPSA) is 58.6 Å². The third-order valence-electron chi connectivity index (χ3n) is 2.21.